The fraction of sp³-hybridized carbons (Fsp3) is 0.188. The van der Waals surface area contributed by atoms with E-state index in [1.54, 1.807) is 42.3 Å². The number of carbonyl (C=O) groups is 1. The SMILES string of the molecule is COc1ccc(N2C(=O)[C@H](N)[C@H]2c2ccc(Cl)cc2Cl)cc1. The summed E-state index contributed by atoms with van der Waals surface area (Å²) in [7, 11) is 1.59. The van der Waals surface area contributed by atoms with Crippen LogP contribution in [0.1, 0.15) is 11.6 Å². The first-order valence-electron chi connectivity index (χ1n) is 6.70. The lowest BCUT2D eigenvalue weighted by molar-refractivity contribution is -0.126. The second-order valence-electron chi connectivity index (χ2n) is 5.04. The third-order valence-electron chi connectivity index (χ3n) is 3.77. The Kier molecular flexibility index (Phi) is 4.00. The van der Waals surface area contributed by atoms with Crippen LogP contribution in [0.2, 0.25) is 10.0 Å². The largest absolute Gasteiger partial charge is 0.497 e. The number of hydrogen-bond acceptors (Lipinski definition) is 3. The van der Waals surface area contributed by atoms with Gasteiger partial charge in [0.05, 0.1) is 13.2 Å². The average Bonchev–Trinajstić information content (AvgIpc) is 2.53. The molecular formula is C16H14Cl2N2O2. The topological polar surface area (TPSA) is 55.6 Å². The molecule has 0 bridgehead atoms. The predicted octanol–water partition coefficient (Wildman–Crippen LogP) is 3.42. The molecule has 0 radical (unpaired) electrons. The van der Waals surface area contributed by atoms with Gasteiger partial charge >= 0.3 is 0 Å². The number of hydrogen-bond donors (Lipinski definition) is 1. The quantitative estimate of drug-likeness (QED) is 0.873. The van der Waals surface area contributed by atoms with Gasteiger partial charge in [0.15, 0.2) is 0 Å². The van der Waals surface area contributed by atoms with Gasteiger partial charge in [-0.15, -0.1) is 0 Å². The molecule has 2 aromatic carbocycles. The van der Waals surface area contributed by atoms with Crippen LogP contribution >= 0.6 is 23.2 Å². The second-order valence-corrected chi connectivity index (χ2v) is 5.89. The third-order valence-corrected chi connectivity index (χ3v) is 4.34. The van der Waals surface area contributed by atoms with E-state index in [-0.39, 0.29) is 11.9 Å². The molecule has 0 spiro atoms. The summed E-state index contributed by atoms with van der Waals surface area (Å²) < 4.78 is 5.13. The average molecular weight is 337 g/mol. The molecule has 0 saturated carbocycles. The van der Waals surface area contributed by atoms with Crippen LogP contribution in [0.5, 0.6) is 5.75 Å². The molecule has 2 aromatic rings. The van der Waals surface area contributed by atoms with E-state index < -0.39 is 6.04 Å². The van der Waals surface area contributed by atoms with Crippen molar-refractivity contribution < 1.29 is 9.53 Å². The lowest BCUT2D eigenvalue weighted by Crippen LogP contribution is -2.63. The van der Waals surface area contributed by atoms with Gasteiger partial charge in [0, 0.05) is 15.7 Å². The van der Waals surface area contributed by atoms with Crippen molar-refractivity contribution in [2.75, 3.05) is 12.0 Å². The van der Waals surface area contributed by atoms with Crippen LogP contribution in [0.4, 0.5) is 5.69 Å². The Labute approximate surface area is 138 Å². The highest BCUT2D eigenvalue weighted by molar-refractivity contribution is 6.35. The number of ether oxygens (including phenoxy) is 1. The molecule has 0 aliphatic carbocycles. The fourth-order valence-corrected chi connectivity index (χ4v) is 3.14. The zero-order valence-electron chi connectivity index (χ0n) is 11.8. The van der Waals surface area contributed by atoms with Gasteiger partial charge in [-0.1, -0.05) is 29.3 Å². The zero-order valence-corrected chi connectivity index (χ0v) is 13.3. The molecule has 4 nitrogen and oxygen atoms in total. The maximum Gasteiger partial charge on any atom is 0.247 e. The summed E-state index contributed by atoms with van der Waals surface area (Å²) in [6, 6.07) is 11.5. The van der Waals surface area contributed by atoms with Crippen molar-refractivity contribution >= 4 is 34.8 Å². The summed E-state index contributed by atoms with van der Waals surface area (Å²) in [5, 5.41) is 1.04. The number of anilines is 1. The van der Waals surface area contributed by atoms with Gasteiger partial charge in [-0.05, 0) is 42.0 Å². The summed E-state index contributed by atoms with van der Waals surface area (Å²) in [4.78, 5) is 13.8. The molecule has 6 heteroatoms. The summed E-state index contributed by atoms with van der Waals surface area (Å²) in [6.07, 6.45) is 0. The normalized spacial score (nSPS) is 20.7. The van der Waals surface area contributed by atoms with Crippen LogP contribution < -0.4 is 15.4 Å². The van der Waals surface area contributed by atoms with Crippen molar-refractivity contribution in [3.05, 3.63) is 58.1 Å². The molecule has 114 valence electrons. The molecule has 1 amide bonds. The number of β-lactam (4-membered cyclic amide) rings is 1. The van der Waals surface area contributed by atoms with Crippen LogP contribution in [0.25, 0.3) is 0 Å². The molecule has 1 fully saturated rings. The lowest BCUT2D eigenvalue weighted by atomic mass is 9.88. The number of methoxy groups -OCH3 is 1. The molecule has 2 atom stereocenters. The highest BCUT2D eigenvalue weighted by atomic mass is 35.5. The summed E-state index contributed by atoms with van der Waals surface area (Å²) in [5.74, 6) is 0.586. The van der Waals surface area contributed by atoms with E-state index in [0.29, 0.717) is 10.0 Å². The molecule has 1 saturated heterocycles. The third kappa shape index (κ3) is 2.43. The molecule has 0 unspecified atom stereocenters. The van der Waals surface area contributed by atoms with E-state index >= 15 is 0 Å². The minimum absolute atomic E-state index is 0.138. The van der Waals surface area contributed by atoms with Crippen molar-refractivity contribution in [3.63, 3.8) is 0 Å². The van der Waals surface area contributed by atoms with E-state index in [4.69, 9.17) is 33.7 Å². The Bertz CT molecular complexity index is 719. The Morgan fingerprint density at radius 3 is 2.41 bits per heavy atom. The number of benzene rings is 2. The van der Waals surface area contributed by atoms with Crippen LogP contribution in [-0.2, 0) is 4.79 Å². The number of rotatable bonds is 3. The molecular weight excluding hydrogens is 323 g/mol. The van der Waals surface area contributed by atoms with Crippen molar-refractivity contribution in [2.45, 2.75) is 12.1 Å². The predicted molar refractivity (Wildman–Crippen MR) is 87.7 cm³/mol. The monoisotopic (exact) mass is 336 g/mol. The highest BCUT2D eigenvalue weighted by Crippen LogP contribution is 2.41. The van der Waals surface area contributed by atoms with E-state index in [2.05, 4.69) is 0 Å². The van der Waals surface area contributed by atoms with Crippen LogP contribution in [0, 0.1) is 0 Å². The Hall–Kier alpha value is -1.75. The van der Waals surface area contributed by atoms with Gasteiger partial charge in [0.2, 0.25) is 5.91 Å². The van der Waals surface area contributed by atoms with Gasteiger partial charge < -0.3 is 15.4 Å². The minimum atomic E-state index is -0.610. The molecule has 0 aromatic heterocycles. The molecule has 22 heavy (non-hydrogen) atoms. The Morgan fingerprint density at radius 2 is 1.82 bits per heavy atom. The van der Waals surface area contributed by atoms with E-state index in [1.807, 2.05) is 12.1 Å². The summed E-state index contributed by atoms with van der Waals surface area (Å²) >= 11 is 12.2. The highest BCUT2D eigenvalue weighted by Gasteiger charge is 2.47. The van der Waals surface area contributed by atoms with Crippen LogP contribution in [0.3, 0.4) is 0 Å². The van der Waals surface area contributed by atoms with Crippen LogP contribution in [-0.4, -0.2) is 19.1 Å². The van der Waals surface area contributed by atoms with Crippen molar-refractivity contribution in [1.29, 1.82) is 0 Å². The van der Waals surface area contributed by atoms with Gasteiger partial charge in [0.25, 0.3) is 0 Å². The van der Waals surface area contributed by atoms with E-state index in [0.717, 1.165) is 17.0 Å². The zero-order chi connectivity index (χ0) is 15.9. The van der Waals surface area contributed by atoms with Gasteiger partial charge in [-0.2, -0.15) is 0 Å². The number of carbonyl (C=O) groups excluding carboxylic acids is 1. The summed E-state index contributed by atoms with van der Waals surface area (Å²) in [6.45, 7) is 0. The second kappa shape index (κ2) is 5.80. The smallest absolute Gasteiger partial charge is 0.247 e. The lowest BCUT2D eigenvalue weighted by Gasteiger charge is -2.46. The van der Waals surface area contributed by atoms with Crippen LogP contribution in [0.15, 0.2) is 42.5 Å². The fourth-order valence-electron chi connectivity index (χ4n) is 2.62. The number of halogens is 2. The Balaban J connectivity index is 1.97. The standard InChI is InChI=1S/C16H14Cl2N2O2/c1-22-11-5-3-10(4-6-11)20-15(14(19)16(20)21)12-7-2-9(17)8-13(12)18/h2-8,14-15H,19H2,1H3/t14-,15-/m1/s1. The van der Waals surface area contributed by atoms with Gasteiger partial charge in [-0.3, -0.25) is 4.79 Å². The van der Waals surface area contributed by atoms with Crippen molar-refractivity contribution in [2.24, 2.45) is 5.73 Å². The molecule has 1 aliphatic heterocycles. The number of amides is 1. The van der Waals surface area contributed by atoms with E-state index in [9.17, 15) is 4.79 Å². The molecule has 2 N–H and O–H groups in total. The van der Waals surface area contributed by atoms with E-state index in [1.165, 1.54) is 0 Å². The minimum Gasteiger partial charge on any atom is -0.497 e. The first-order chi connectivity index (χ1) is 10.5. The van der Waals surface area contributed by atoms with Crippen molar-refractivity contribution in [3.8, 4) is 5.75 Å². The number of nitrogens with two attached hydrogens (primary N) is 1. The first-order valence-corrected chi connectivity index (χ1v) is 7.46. The van der Waals surface area contributed by atoms with Gasteiger partial charge in [0.1, 0.15) is 11.8 Å². The maximum absolute atomic E-state index is 12.2. The number of nitrogens with zero attached hydrogens (tertiary/aromatic N) is 1. The summed E-state index contributed by atoms with van der Waals surface area (Å²) in [5.41, 5.74) is 7.52. The van der Waals surface area contributed by atoms with Crippen molar-refractivity contribution in [1.82, 2.24) is 0 Å². The van der Waals surface area contributed by atoms with Gasteiger partial charge in [-0.25, -0.2) is 0 Å². The molecule has 1 aliphatic rings. The first kappa shape index (κ1) is 15.2. The molecule has 3 rings (SSSR count). The maximum atomic E-state index is 12.2. The molecule has 1 heterocycles. The Morgan fingerprint density at radius 1 is 1.14 bits per heavy atom.